The van der Waals surface area contributed by atoms with E-state index in [1.807, 2.05) is 59.1 Å². The fraction of sp³-hybridized carbons (Fsp3) is 0.333. The molecule has 10 nitrogen and oxygen atoms in total. The van der Waals surface area contributed by atoms with E-state index in [9.17, 15) is 0 Å². The summed E-state index contributed by atoms with van der Waals surface area (Å²) in [4.78, 5) is 16.1. The van der Waals surface area contributed by atoms with Crippen molar-refractivity contribution in [3.63, 3.8) is 0 Å². The van der Waals surface area contributed by atoms with E-state index in [4.69, 9.17) is 9.47 Å². The Morgan fingerprint density at radius 3 is 2.58 bits per heavy atom. The van der Waals surface area contributed by atoms with E-state index in [2.05, 4.69) is 54.5 Å². The van der Waals surface area contributed by atoms with E-state index < -0.39 is 0 Å². The van der Waals surface area contributed by atoms with E-state index >= 15 is 0 Å². The largest absolute Gasteiger partial charge is 0.490 e. The molecule has 1 N–H and O–H groups in total. The number of fused-ring (bicyclic) bond motifs is 1. The van der Waals surface area contributed by atoms with Gasteiger partial charge in [-0.25, -0.2) is 15.0 Å². The van der Waals surface area contributed by atoms with Crippen LogP contribution in [0, 0.1) is 0 Å². The van der Waals surface area contributed by atoms with E-state index in [-0.39, 0.29) is 6.10 Å². The van der Waals surface area contributed by atoms with Gasteiger partial charge in [-0.15, -0.1) is 0 Å². The van der Waals surface area contributed by atoms with Crippen molar-refractivity contribution >= 4 is 11.5 Å². The number of imidazole rings is 1. The van der Waals surface area contributed by atoms with Crippen LogP contribution < -0.4 is 10.1 Å². The molecule has 0 aliphatic carbocycles. The monoisotopic (exact) mass is 536 g/mol. The van der Waals surface area contributed by atoms with Gasteiger partial charge in [0.15, 0.2) is 0 Å². The number of anilines is 1. The zero-order valence-corrected chi connectivity index (χ0v) is 22.5. The van der Waals surface area contributed by atoms with Crippen molar-refractivity contribution in [1.29, 1.82) is 0 Å². The second-order valence-electron chi connectivity index (χ2n) is 10.5. The van der Waals surface area contributed by atoms with E-state index in [0.29, 0.717) is 12.6 Å². The van der Waals surface area contributed by atoms with Crippen LogP contribution in [-0.2, 0) is 18.3 Å². The average Bonchev–Trinajstić information content (AvgIpc) is 3.58. The third kappa shape index (κ3) is 5.15. The number of hydrogen-bond acceptors (Lipinski definition) is 8. The number of piperidine rings is 1. The van der Waals surface area contributed by atoms with Gasteiger partial charge in [0.2, 0.25) is 0 Å². The molecule has 6 heterocycles. The van der Waals surface area contributed by atoms with Crippen molar-refractivity contribution in [2.45, 2.75) is 31.5 Å². The Morgan fingerprint density at radius 2 is 1.82 bits per heavy atom. The summed E-state index contributed by atoms with van der Waals surface area (Å²) < 4.78 is 15.5. The maximum atomic E-state index is 6.33. The van der Waals surface area contributed by atoms with Crippen LogP contribution >= 0.6 is 0 Å². The van der Waals surface area contributed by atoms with Crippen LogP contribution in [0.25, 0.3) is 28.2 Å². The molecule has 5 aromatic rings. The molecule has 2 aliphatic rings. The van der Waals surface area contributed by atoms with Crippen molar-refractivity contribution in [2.75, 3.05) is 31.6 Å². The normalized spacial score (nSPS) is 16.7. The summed E-state index contributed by atoms with van der Waals surface area (Å²) in [5.41, 5.74) is 5.96. The van der Waals surface area contributed by atoms with Gasteiger partial charge in [-0.3, -0.25) is 14.0 Å². The van der Waals surface area contributed by atoms with Gasteiger partial charge in [-0.2, -0.15) is 5.10 Å². The summed E-state index contributed by atoms with van der Waals surface area (Å²) in [7, 11) is 1.92. The van der Waals surface area contributed by atoms with Crippen LogP contribution in [0.5, 0.6) is 5.75 Å². The highest BCUT2D eigenvalue weighted by molar-refractivity contribution is 5.64. The Labute approximate surface area is 232 Å². The van der Waals surface area contributed by atoms with Crippen LogP contribution in [0.2, 0.25) is 0 Å². The number of aromatic nitrogens is 6. The number of pyridine rings is 1. The smallest absolute Gasteiger partial charge is 0.140 e. The van der Waals surface area contributed by atoms with Gasteiger partial charge in [0.05, 0.1) is 43.0 Å². The van der Waals surface area contributed by atoms with Crippen molar-refractivity contribution in [3.8, 4) is 28.3 Å². The van der Waals surface area contributed by atoms with Gasteiger partial charge in [0.25, 0.3) is 0 Å². The topological polar surface area (TPSA) is 94.6 Å². The Balaban J connectivity index is 0.993. The number of benzene rings is 1. The number of nitrogens with one attached hydrogen (secondary N) is 1. The van der Waals surface area contributed by atoms with Gasteiger partial charge >= 0.3 is 0 Å². The third-order valence-electron chi connectivity index (χ3n) is 7.80. The van der Waals surface area contributed by atoms with Crippen LogP contribution in [0.4, 0.5) is 5.82 Å². The van der Waals surface area contributed by atoms with Crippen LogP contribution in [0.1, 0.15) is 18.4 Å². The number of likely N-dealkylation sites (tertiary alicyclic amines) is 1. The van der Waals surface area contributed by atoms with E-state index in [1.54, 1.807) is 6.33 Å². The number of rotatable bonds is 8. The maximum Gasteiger partial charge on any atom is 0.140 e. The van der Waals surface area contributed by atoms with Gasteiger partial charge in [-0.1, -0.05) is 24.3 Å². The Hall–Kier alpha value is -4.28. The minimum Gasteiger partial charge on any atom is -0.490 e. The standard InChI is InChI=1S/C30H32N8O2/c1-36-17-23(15-35-36)22-4-2-21(3-5-22)14-31-29-13-27(33-20-34-29)28-16-32-30-12-26(8-11-38(28)30)40-25-6-9-37(10-7-25)24-18-39-19-24/h2-5,8,11-13,15-17,20,24-25H,6-7,9-10,14,18-19H2,1H3,(H,31,33,34). The van der Waals surface area contributed by atoms with Crippen LogP contribution in [0.3, 0.4) is 0 Å². The lowest BCUT2D eigenvalue weighted by molar-refractivity contribution is -0.0778. The van der Waals surface area contributed by atoms with Crippen LogP contribution in [0.15, 0.2) is 73.6 Å². The molecule has 204 valence electrons. The van der Waals surface area contributed by atoms with E-state index in [0.717, 1.165) is 84.4 Å². The molecule has 0 atom stereocenters. The van der Waals surface area contributed by atoms with Gasteiger partial charge in [-0.05, 0) is 30.0 Å². The zero-order valence-electron chi connectivity index (χ0n) is 22.5. The molecule has 2 saturated heterocycles. The number of nitrogens with zero attached hydrogens (tertiary/aromatic N) is 7. The first-order valence-electron chi connectivity index (χ1n) is 13.8. The fourth-order valence-corrected chi connectivity index (χ4v) is 5.38. The summed E-state index contributed by atoms with van der Waals surface area (Å²) in [6.07, 6.45) is 11.6. The highest BCUT2D eigenvalue weighted by Crippen LogP contribution is 2.26. The summed E-state index contributed by atoms with van der Waals surface area (Å²) in [6, 6.07) is 15.0. The van der Waals surface area contributed by atoms with Gasteiger partial charge in [0.1, 0.15) is 29.6 Å². The molecule has 40 heavy (non-hydrogen) atoms. The summed E-state index contributed by atoms with van der Waals surface area (Å²) in [5.74, 6) is 1.62. The quantitative estimate of drug-likeness (QED) is 0.318. The molecule has 2 fully saturated rings. The maximum absolute atomic E-state index is 6.33. The lowest BCUT2D eigenvalue weighted by Crippen LogP contribution is -2.52. The number of ether oxygens (including phenoxy) is 2. The lowest BCUT2D eigenvalue weighted by Gasteiger charge is -2.41. The van der Waals surface area contributed by atoms with Crippen molar-refractivity contribution in [3.05, 3.63) is 79.1 Å². The summed E-state index contributed by atoms with van der Waals surface area (Å²) in [6.45, 7) is 4.53. The van der Waals surface area contributed by atoms with Crippen molar-refractivity contribution in [1.82, 2.24) is 34.0 Å². The van der Waals surface area contributed by atoms with Gasteiger partial charge in [0, 0.05) is 56.8 Å². The molecule has 0 saturated carbocycles. The SMILES string of the molecule is Cn1cc(-c2ccc(CNc3cc(-c4cnc5cc(OC6CCN(C7COC7)CC6)ccn45)ncn3)cc2)cn1. The molecule has 7 rings (SSSR count). The second kappa shape index (κ2) is 10.7. The highest BCUT2D eigenvalue weighted by atomic mass is 16.5. The molecule has 1 aromatic carbocycles. The molecule has 10 heteroatoms. The molecule has 0 bridgehead atoms. The minimum absolute atomic E-state index is 0.233. The Bertz CT molecular complexity index is 1600. The summed E-state index contributed by atoms with van der Waals surface area (Å²) >= 11 is 0. The summed E-state index contributed by atoms with van der Waals surface area (Å²) in [5, 5.41) is 7.67. The first-order chi connectivity index (χ1) is 19.7. The molecule has 0 unspecified atom stereocenters. The molecular formula is C30H32N8O2. The highest BCUT2D eigenvalue weighted by Gasteiger charge is 2.30. The molecular weight excluding hydrogens is 504 g/mol. The first-order valence-corrected chi connectivity index (χ1v) is 13.8. The van der Waals surface area contributed by atoms with E-state index in [1.165, 1.54) is 0 Å². The molecule has 4 aromatic heterocycles. The fourth-order valence-electron chi connectivity index (χ4n) is 5.38. The average molecular weight is 537 g/mol. The lowest BCUT2D eigenvalue weighted by atomic mass is 10.0. The van der Waals surface area contributed by atoms with Crippen molar-refractivity contribution < 1.29 is 9.47 Å². The van der Waals surface area contributed by atoms with Crippen molar-refractivity contribution in [2.24, 2.45) is 7.05 Å². The third-order valence-corrected chi connectivity index (χ3v) is 7.80. The van der Waals surface area contributed by atoms with Crippen LogP contribution in [-0.4, -0.2) is 72.5 Å². The Morgan fingerprint density at radius 1 is 0.975 bits per heavy atom. The number of aryl methyl sites for hydroxylation is 1. The minimum atomic E-state index is 0.233. The Kier molecular flexibility index (Phi) is 6.62. The number of hydrogen-bond donors (Lipinski definition) is 1. The molecule has 0 amide bonds. The molecule has 2 aliphatic heterocycles. The van der Waals surface area contributed by atoms with Gasteiger partial charge < -0.3 is 14.8 Å². The second-order valence-corrected chi connectivity index (χ2v) is 10.5. The molecule has 0 radical (unpaired) electrons. The zero-order chi connectivity index (χ0) is 26.9. The predicted octanol–water partition coefficient (Wildman–Crippen LogP) is 4.05. The predicted molar refractivity (Wildman–Crippen MR) is 152 cm³/mol. The molecule has 0 spiro atoms. The first kappa shape index (κ1) is 24.7.